The molecule has 1 atom stereocenters. The second-order valence-corrected chi connectivity index (χ2v) is 8.82. The molecule has 0 saturated carbocycles. The Bertz CT molecular complexity index is 489. The van der Waals surface area contributed by atoms with E-state index < -0.39 is 8.80 Å². The Labute approximate surface area is 148 Å². The minimum atomic E-state index is -2.84. The van der Waals surface area contributed by atoms with Crippen molar-refractivity contribution in [3.05, 3.63) is 47.9 Å². The van der Waals surface area contributed by atoms with E-state index in [9.17, 15) is 0 Å². The first-order chi connectivity index (χ1) is 11.3. The molecule has 0 heterocycles. The van der Waals surface area contributed by atoms with Crippen molar-refractivity contribution in [3.63, 3.8) is 0 Å². The van der Waals surface area contributed by atoms with Gasteiger partial charge in [-0.2, -0.15) is 0 Å². The first-order valence-corrected chi connectivity index (χ1v) is 10.9. The van der Waals surface area contributed by atoms with Crippen molar-refractivity contribution in [2.45, 2.75) is 66.2 Å². The van der Waals surface area contributed by atoms with Crippen molar-refractivity contribution < 1.29 is 18.0 Å². The van der Waals surface area contributed by atoms with E-state index in [0.29, 0.717) is 12.6 Å². The zero-order valence-electron chi connectivity index (χ0n) is 16.0. The molecule has 0 N–H and O–H groups in total. The lowest BCUT2D eigenvalue weighted by Crippen LogP contribution is -2.46. The summed E-state index contributed by atoms with van der Waals surface area (Å²) >= 11 is 0. The number of allylic oxidation sites excluding steroid dienone is 1. The molecular weight excluding hydrogens is 320 g/mol. The van der Waals surface area contributed by atoms with Gasteiger partial charge in [0.25, 0.3) is 5.95 Å². The Morgan fingerprint density at radius 1 is 1.00 bits per heavy atom. The van der Waals surface area contributed by atoms with Gasteiger partial charge in [-0.1, -0.05) is 37.3 Å². The lowest BCUT2D eigenvalue weighted by atomic mass is 10.0. The molecule has 0 amide bonds. The molecule has 1 aromatic rings. The molecule has 0 saturated heterocycles. The fourth-order valence-electron chi connectivity index (χ4n) is 2.43. The second-order valence-electron chi connectivity index (χ2n) is 6.42. The van der Waals surface area contributed by atoms with E-state index in [2.05, 4.69) is 19.1 Å². The number of hydrogen-bond acceptors (Lipinski definition) is 4. The first-order valence-electron chi connectivity index (χ1n) is 8.70. The monoisotopic (exact) mass is 352 g/mol. The van der Waals surface area contributed by atoms with Crippen LogP contribution in [0.25, 0.3) is 0 Å². The molecule has 0 aromatic heterocycles. The van der Waals surface area contributed by atoms with Gasteiger partial charge in [-0.05, 0) is 40.2 Å². The number of ether oxygens (including phenoxy) is 1. The summed E-state index contributed by atoms with van der Waals surface area (Å²) in [5.41, 5.74) is 1.20. The van der Waals surface area contributed by atoms with Crippen molar-refractivity contribution in [2.24, 2.45) is 0 Å². The summed E-state index contributed by atoms with van der Waals surface area (Å²) in [5.74, 6) is 0.647. The highest BCUT2D eigenvalue weighted by Crippen LogP contribution is 2.23. The minimum absolute atomic E-state index is 0.0230. The van der Waals surface area contributed by atoms with Gasteiger partial charge < -0.3 is 18.0 Å². The van der Waals surface area contributed by atoms with Gasteiger partial charge in [0, 0.05) is 30.7 Å². The quantitative estimate of drug-likeness (QED) is 0.433. The fourth-order valence-corrected chi connectivity index (χ4v) is 4.78. The van der Waals surface area contributed by atoms with E-state index in [0.717, 1.165) is 0 Å². The molecular formula is C19H32O4Si. The van der Waals surface area contributed by atoms with Crippen LogP contribution in [0, 0.1) is 0 Å². The Balaban J connectivity index is 2.97. The van der Waals surface area contributed by atoms with Crippen LogP contribution in [-0.4, -0.2) is 27.6 Å². The van der Waals surface area contributed by atoms with Crippen LogP contribution in [0.4, 0.5) is 0 Å². The van der Waals surface area contributed by atoms with Gasteiger partial charge in [0.15, 0.2) is 0 Å². The molecule has 1 rings (SSSR count). The molecule has 0 radical (unpaired) electrons. The van der Waals surface area contributed by atoms with E-state index in [1.165, 1.54) is 5.56 Å². The fraction of sp³-hybridized carbons (Fsp3) is 0.579. The lowest BCUT2D eigenvalue weighted by molar-refractivity contribution is 0.00215. The molecule has 0 aliphatic rings. The summed E-state index contributed by atoms with van der Waals surface area (Å²) in [6.07, 6.45) is 2.03. The number of benzene rings is 1. The molecule has 0 fully saturated rings. The van der Waals surface area contributed by atoms with Crippen molar-refractivity contribution in [1.82, 2.24) is 0 Å². The highest BCUT2D eigenvalue weighted by molar-refractivity contribution is 6.59. The highest BCUT2D eigenvalue weighted by Gasteiger charge is 2.40. The standard InChI is InChI=1S/C19H32O4Si/c1-8-20-19(14-17(6)18-12-10-9-11-13-18)23-24(7,21-15(2)3)22-16(4)5/h9-17H,8H2,1-7H3/b19-14-/t17-/m1/s1. The van der Waals surface area contributed by atoms with Crippen molar-refractivity contribution in [2.75, 3.05) is 6.61 Å². The molecule has 136 valence electrons. The lowest BCUT2D eigenvalue weighted by Gasteiger charge is -2.31. The normalized spacial score (nSPS) is 14.1. The molecule has 5 heteroatoms. The topological polar surface area (TPSA) is 36.9 Å². The van der Waals surface area contributed by atoms with Crippen LogP contribution < -0.4 is 0 Å². The molecule has 4 nitrogen and oxygen atoms in total. The van der Waals surface area contributed by atoms with Gasteiger partial charge in [0.05, 0.1) is 6.61 Å². The maximum Gasteiger partial charge on any atom is 0.565 e. The minimum Gasteiger partial charge on any atom is -0.473 e. The van der Waals surface area contributed by atoms with E-state index in [-0.39, 0.29) is 18.1 Å². The summed E-state index contributed by atoms with van der Waals surface area (Å²) in [6.45, 7) is 14.4. The first kappa shape index (κ1) is 20.7. The van der Waals surface area contributed by atoms with Crippen molar-refractivity contribution in [3.8, 4) is 0 Å². The van der Waals surface area contributed by atoms with E-state index in [1.807, 2.05) is 65.4 Å². The zero-order chi connectivity index (χ0) is 18.2. The molecule has 0 spiro atoms. The van der Waals surface area contributed by atoms with Gasteiger partial charge in [0.2, 0.25) is 0 Å². The SMILES string of the molecule is CCO/C(=C/[C@@H](C)c1ccccc1)O[Si](C)(OC(C)C)OC(C)C. The summed E-state index contributed by atoms with van der Waals surface area (Å²) in [7, 11) is -2.84. The molecule has 0 unspecified atom stereocenters. The van der Waals surface area contributed by atoms with Gasteiger partial charge in [-0.15, -0.1) is 0 Å². The second kappa shape index (κ2) is 9.86. The van der Waals surface area contributed by atoms with Crippen LogP contribution in [0.5, 0.6) is 0 Å². The maximum absolute atomic E-state index is 6.13. The van der Waals surface area contributed by atoms with Crippen LogP contribution in [0.15, 0.2) is 42.4 Å². The molecule has 0 aliphatic heterocycles. The average molecular weight is 353 g/mol. The Kier molecular flexibility index (Phi) is 8.52. The third-order valence-corrected chi connectivity index (χ3v) is 5.55. The van der Waals surface area contributed by atoms with Crippen LogP contribution >= 0.6 is 0 Å². The third-order valence-electron chi connectivity index (χ3n) is 3.18. The summed E-state index contributed by atoms with van der Waals surface area (Å²) in [6, 6.07) is 10.3. The molecule has 1 aromatic carbocycles. The average Bonchev–Trinajstić information content (AvgIpc) is 2.46. The van der Waals surface area contributed by atoms with Gasteiger partial charge in [0.1, 0.15) is 0 Å². The maximum atomic E-state index is 6.13. The van der Waals surface area contributed by atoms with Crippen LogP contribution in [0.1, 0.15) is 53.0 Å². The Hall–Kier alpha value is -1.30. The summed E-state index contributed by atoms with van der Waals surface area (Å²) in [4.78, 5) is 0. The van der Waals surface area contributed by atoms with Crippen molar-refractivity contribution in [1.29, 1.82) is 0 Å². The molecule has 0 bridgehead atoms. The third kappa shape index (κ3) is 7.51. The van der Waals surface area contributed by atoms with Crippen LogP contribution in [0.3, 0.4) is 0 Å². The summed E-state index contributed by atoms with van der Waals surface area (Å²) < 4.78 is 23.8. The highest BCUT2D eigenvalue weighted by atomic mass is 28.4. The summed E-state index contributed by atoms with van der Waals surface area (Å²) in [5, 5.41) is 0. The zero-order valence-corrected chi connectivity index (χ0v) is 17.0. The largest absolute Gasteiger partial charge is 0.565 e. The van der Waals surface area contributed by atoms with E-state index in [1.54, 1.807) is 0 Å². The van der Waals surface area contributed by atoms with Gasteiger partial charge in [-0.3, -0.25) is 0 Å². The van der Waals surface area contributed by atoms with Crippen LogP contribution in [-0.2, 0) is 18.0 Å². The Morgan fingerprint density at radius 3 is 2.00 bits per heavy atom. The van der Waals surface area contributed by atoms with Crippen molar-refractivity contribution >= 4 is 8.80 Å². The molecule has 24 heavy (non-hydrogen) atoms. The smallest absolute Gasteiger partial charge is 0.473 e. The van der Waals surface area contributed by atoms with Gasteiger partial charge in [-0.25, -0.2) is 0 Å². The predicted molar refractivity (Wildman–Crippen MR) is 99.7 cm³/mol. The Morgan fingerprint density at radius 2 is 1.54 bits per heavy atom. The van der Waals surface area contributed by atoms with Gasteiger partial charge >= 0.3 is 8.80 Å². The number of rotatable bonds is 10. The number of hydrogen-bond donors (Lipinski definition) is 0. The predicted octanol–water partition coefficient (Wildman–Crippen LogP) is 5.10. The molecule has 0 aliphatic carbocycles. The van der Waals surface area contributed by atoms with Crippen LogP contribution in [0.2, 0.25) is 6.55 Å². The van der Waals surface area contributed by atoms with E-state index >= 15 is 0 Å². The van der Waals surface area contributed by atoms with E-state index in [4.69, 9.17) is 18.0 Å².